The summed E-state index contributed by atoms with van der Waals surface area (Å²) < 4.78 is 34.0. The Kier molecular flexibility index (Phi) is 6.10. The summed E-state index contributed by atoms with van der Waals surface area (Å²) in [6.07, 6.45) is 1.36. The third-order valence-electron chi connectivity index (χ3n) is 6.03. The first-order chi connectivity index (χ1) is 16.4. The molecule has 0 spiro atoms. The van der Waals surface area contributed by atoms with E-state index >= 15 is 0 Å². The molecule has 1 saturated heterocycles. The van der Waals surface area contributed by atoms with Crippen molar-refractivity contribution in [2.45, 2.75) is 23.8 Å². The zero-order valence-corrected chi connectivity index (χ0v) is 19.9. The standard InChI is InChI=1S/C25H24ClN3O4S/c26-18-7-13-21(14-8-18)34(31,32)29-17-24(33-23-6-2-1-5-22(23)29)25(30)27-19-9-11-20(12-10-19)28-15-3-4-16-28/h1-2,5-14,24H,3-4,15-17H2,(H,27,30)/t24-/m0/s1. The number of sulfonamides is 1. The van der Waals surface area contributed by atoms with Gasteiger partial charge in [0, 0.05) is 29.5 Å². The van der Waals surface area contributed by atoms with E-state index in [1.165, 1.54) is 41.4 Å². The van der Waals surface area contributed by atoms with Crippen LogP contribution in [0.5, 0.6) is 5.75 Å². The number of hydrogen-bond donors (Lipinski definition) is 1. The maximum absolute atomic E-state index is 13.4. The minimum absolute atomic E-state index is 0.0882. The number of amides is 1. The number of nitrogens with zero attached hydrogens (tertiary/aromatic N) is 2. The lowest BCUT2D eigenvalue weighted by molar-refractivity contribution is -0.122. The normalized spacial score (nSPS) is 17.7. The van der Waals surface area contributed by atoms with Crippen LogP contribution in [0.25, 0.3) is 0 Å². The fraction of sp³-hybridized carbons (Fsp3) is 0.240. The molecule has 0 saturated carbocycles. The molecule has 0 aliphatic carbocycles. The van der Waals surface area contributed by atoms with Crippen LogP contribution in [-0.4, -0.2) is 40.1 Å². The number of ether oxygens (including phenoxy) is 1. The Morgan fingerprint density at radius 2 is 1.62 bits per heavy atom. The first-order valence-corrected chi connectivity index (χ1v) is 12.9. The van der Waals surface area contributed by atoms with E-state index in [1.807, 2.05) is 24.3 Å². The molecule has 1 atom stereocenters. The van der Waals surface area contributed by atoms with Gasteiger partial charge < -0.3 is 15.0 Å². The van der Waals surface area contributed by atoms with Gasteiger partial charge in [-0.25, -0.2) is 8.42 Å². The average molecular weight is 498 g/mol. The van der Waals surface area contributed by atoms with Crippen molar-refractivity contribution in [3.8, 4) is 5.75 Å². The van der Waals surface area contributed by atoms with Crippen LogP contribution in [0.15, 0.2) is 77.7 Å². The minimum atomic E-state index is -3.94. The number of hydrogen-bond acceptors (Lipinski definition) is 5. The van der Waals surface area contributed by atoms with Gasteiger partial charge in [-0.3, -0.25) is 9.10 Å². The predicted molar refractivity (Wildman–Crippen MR) is 133 cm³/mol. The highest BCUT2D eigenvalue weighted by Gasteiger charge is 2.37. The molecule has 3 aromatic rings. The number of anilines is 3. The third-order valence-corrected chi connectivity index (χ3v) is 8.08. The van der Waals surface area contributed by atoms with Crippen molar-refractivity contribution in [2.75, 3.05) is 34.2 Å². The summed E-state index contributed by atoms with van der Waals surface area (Å²) in [6, 6.07) is 20.4. The number of rotatable bonds is 5. The van der Waals surface area contributed by atoms with E-state index in [1.54, 1.807) is 24.3 Å². The van der Waals surface area contributed by atoms with Crippen LogP contribution in [0.1, 0.15) is 12.8 Å². The van der Waals surface area contributed by atoms with Crippen molar-refractivity contribution in [3.05, 3.63) is 77.8 Å². The van der Waals surface area contributed by atoms with Gasteiger partial charge in [0.2, 0.25) is 0 Å². The molecule has 7 nitrogen and oxygen atoms in total. The third kappa shape index (κ3) is 4.43. The van der Waals surface area contributed by atoms with E-state index in [4.69, 9.17) is 16.3 Å². The Balaban J connectivity index is 1.37. The van der Waals surface area contributed by atoms with Crippen molar-refractivity contribution in [1.29, 1.82) is 0 Å². The number of carbonyl (C=O) groups excluding carboxylic acids is 1. The van der Waals surface area contributed by atoms with Crippen molar-refractivity contribution in [1.82, 2.24) is 0 Å². The summed E-state index contributed by atoms with van der Waals surface area (Å²) in [7, 11) is -3.94. The number of benzene rings is 3. The van der Waals surface area contributed by atoms with Gasteiger partial charge in [-0.2, -0.15) is 0 Å². The van der Waals surface area contributed by atoms with E-state index in [0.717, 1.165) is 18.8 Å². The fourth-order valence-electron chi connectivity index (χ4n) is 4.25. The molecule has 176 valence electrons. The van der Waals surface area contributed by atoms with Crippen molar-refractivity contribution < 1.29 is 17.9 Å². The molecular weight excluding hydrogens is 474 g/mol. The van der Waals surface area contributed by atoms with Gasteiger partial charge in [0.25, 0.3) is 15.9 Å². The highest BCUT2D eigenvalue weighted by Crippen LogP contribution is 2.37. The Bertz CT molecular complexity index is 1290. The molecular formula is C25H24ClN3O4S. The van der Waals surface area contributed by atoms with Gasteiger partial charge in [-0.15, -0.1) is 0 Å². The molecule has 2 aliphatic rings. The Labute approximate surface area is 203 Å². The van der Waals surface area contributed by atoms with Crippen LogP contribution in [0.2, 0.25) is 5.02 Å². The first kappa shape index (κ1) is 22.6. The topological polar surface area (TPSA) is 79.0 Å². The molecule has 3 aromatic carbocycles. The number of nitrogens with one attached hydrogen (secondary N) is 1. The number of fused-ring (bicyclic) bond motifs is 1. The van der Waals surface area contributed by atoms with Crippen molar-refractivity contribution in [2.24, 2.45) is 0 Å². The van der Waals surface area contributed by atoms with E-state index < -0.39 is 22.0 Å². The zero-order chi connectivity index (χ0) is 23.7. The fourth-order valence-corrected chi connectivity index (χ4v) is 5.86. The van der Waals surface area contributed by atoms with Gasteiger partial charge in [0.1, 0.15) is 5.75 Å². The second-order valence-corrected chi connectivity index (χ2v) is 10.6. The largest absolute Gasteiger partial charge is 0.476 e. The van der Waals surface area contributed by atoms with Crippen molar-refractivity contribution in [3.63, 3.8) is 0 Å². The summed E-state index contributed by atoms with van der Waals surface area (Å²) >= 11 is 5.93. The summed E-state index contributed by atoms with van der Waals surface area (Å²) in [5, 5.41) is 3.30. The Morgan fingerprint density at radius 3 is 2.32 bits per heavy atom. The van der Waals surface area contributed by atoms with Gasteiger partial charge in [-0.1, -0.05) is 23.7 Å². The maximum Gasteiger partial charge on any atom is 0.267 e. The highest BCUT2D eigenvalue weighted by atomic mass is 35.5. The van der Waals surface area contributed by atoms with Gasteiger partial charge in [0.05, 0.1) is 17.1 Å². The monoisotopic (exact) mass is 497 g/mol. The molecule has 0 unspecified atom stereocenters. The molecule has 0 radical (unpaired) electrons. The Hall–Kier alpha value is -3.23. The molecule has 1 amide bonds. The lowest BCUT2D eigenvalue weighted by Crippen LogP contribution is -2.48. The quantitative estimate of drug-likeness (QED) is 0.560. The summed E-state index contributed by atoms with van der Waals surface area (Å²) in [5.41, 5.74) is 2.14. The lowest BCUT2D eigenvalue weighted by atomic mass is 10.2. The number of carbonyl (C=O) groups is 1. The molecule has 0 bridgehead atoms. The van der Waals surface area contributed by atoms with Crippen LogP contribution >= 0.6 is 11.6 Å². The number of halogens is 1. The van der Waals surface area contributed by atoms with Gasteiger partial charge >= 0.3 is 0 Å². The van der Waals surface area contributed by atoms with Crippen LogP contribution in [0.4, 0.5) is 17.1 Å². The minimum Gasteiger partial charge on any atom is -0.476 e. The Morgan fingerprint density at radius 1 is 0.941 bits per heavy atom. The van der Waals surface area contributed by atoms with Crippen molar-refractivity contribution >= 4 is 44.6 Å². The van der Waals surface area contributed by atoms with Gasteiger partial charge in [0.15, 0.2) is 6.10 Å². The average Bonchev–Trinajstić information content (AvgIpc) is 3.39. The highest BCUT2D eigenvalue weighted by molar-refractivity contribution is 7.92. The van der Waals surface area contributed by atoms with E-state index in [0.29, 0.717) is 22.1 Å². The van der Waals surface area contributed by atoms with Crippen LogP contribution < -0.4 is 19.3 Å². The lowest BCUT2D eigenvalue weighted by Gasteiger charge is -2.34. The van der Waals surface area contributed by atoms with E-state index in [9.17, 15) is 13.2 Å². The predicted octanol–water partition coefficient (Wildman–Crippen LogP) is 4.54. The van der Waals surface area contributed by atoms with E-state index in [2.05, 4.69) is 10.2 Å². The maximum atomic E-state index is 13.4. The first-order valence-electron chi connectivity index (χ1n) is 11.1. The SMILES string of the molecule is O=C(Nc1ccc(N2CCCC2)cc1)[C@@H]1CN(S(=O)(=O)c2ccc(Cl)cc2)c2ccccc2O1. The molecule has 5 rings (SSSR count). The van der Waals surface area contributed by atoms with Crippen LogP contribution in [0, 0.1) is 0 Å². The molecule has 1 fully saturated rings. The van der Waals surface area contributed by atoms with Crippen LogP contribution in [-0.2, 0) is 14.8 Å². The molecule has 34 heavy (non-hydrogen) atoms. The van der Waals surface area contributed by atoms with Gasteiger partial charge in [-0.05, 0) is 73.5 Å². The molecule has 0 aromatic heterocycles. The molecule has 9 heteroatoms. The summed E-state index contributed by atoms with van der Waals surface area (Å²) in [6.45, 7) is 1.93. The molecule has 2 heterocycles. The second-order valence-electron chi connectivity index (χ2n) is 8.29. The van der Waals surface area contributed by atoms with Crippen LogP contribution in [0.3, 0.4) is 0 Å². The number of para-hydroxylation sites is 2. The second kappa shape index (κ2) is 9.19. The molecule has 2 aliphatic heterocycles. The molecule has 1 N–H and O–H groups in total. The summed E-state index contributed by atoms with van der Waals surface area (Å²) in [4.78, 5) is 15.5. The zero-order valence-electron chi connectivity index (χ0n) is 18.4. The smallest absolute Gasteiger partial charge is 0.267 e. The summed E-state index contributed by atoms with van der Waals surface area (Å²) in [5.74, 6) is -0.0875. The van der Waals surface area contributed by atoms with E-state index in [-0.39, 0.29) is 11.4 Å².